The van der Waals surface area contributed by atoms with E-state index in [1.807, 2.05) is 18.2 Å². The molecule has 1 saturated carbocycles. The molecule has 2 heteroatoms. The van der Waals surface area contributed by atoms with Crippen LogP contribution in [0.3, 0.4) is 0 Å². The molecule has 0 radical (unpaired) electrons. The van der Waals surface area contributed by atoms with E-state index in [0.29, 0.717) is 6.04 Å². The average Bonchev–Trinajstić information content (AvgIpc) is 3.12. The Hall–Kier alpha value is -1.33. The molecule has 1 aliphatic carbocycles. The van der Waals surface area contributed by atoms with Crippen molar-refractivity contribution < 1.29 is 0 Å². The molecule has 84 valence electrons. The van der Waals surface area contributed by atoms with Gasteiger partial charge in [0, 0.05) is 12.6 Å². The van der Waals surface area contributed by atoms with E-state index in [1.54, 1.807) is 0 Å². The van der Waals surface area contributed by atoms with E-state index in [0.717, 1.165) is 18.0 Å². The first kappa shape index (κ1) is 11.2. The smallest absolute Gasteiger partial charge is 0.0991 e. The lowest BCUT2D eigenvalue weighted by molar-refractivity contribution is 0.226. The number of nitrogens with zero attached hydrogens (tertiary/aromatic N) is 2. The van der Waals surface area contributed by atoms with Crippen LogP contribution in [0.2, 0.25) is 0 Å². The Balaban J connectivity index is 1.99. The number of hydrogen-bond donors (Lipinski definition) is 0. The summed E-state index contributed by atoms with van der Waals surface area (Å²) >= 11 is 0. The van der Waals surface area contributed by atoms with Crippen LogP contribution in [-0.2, 0) is 6.54 Å². The third kappa shape index (κ3) is 2.62. The molecule has 0 N–H and O–H groups in total. The van der Waals surface area contributed by atoms with Crippen molar-refractivity contribution in [3.63, 3.8) is 0 Å². The van der Waals surface area contributed by atoms with Gasteiger partial charge in [-0.3, -0.25) is 4.90 Å². The lowest BCUT2D eigenvalue weighted by Crippen LogP contribution is -2.30. The van der Waals surface area contributed by atoms with Crippen LogP contribution in [0.5, 0.6) is 0 Å². The fourth-order valence-electron chi connectivity index (χ4n) is 2.11. The Morgan fingerprint density at radius 1 is 1.50 bits per heavy atom. The summed E-state index contributed by atoms with van der Waals surface area (Å²) in [5, 5.41) is 8.84. The Kier molecular flexibility index (Phi) is 3.26. The predicted octanol–water partition coefficient (Wildman–Crippen LogP) is 2.79. The van der Waals surface area contributed by atoms with Crippen LogP contribution in [0, 0.1) is 17.2 Å². The summed E-state index contributed by atoms with van der Waals surface area (Å²) in [6.45, 7) is 3.24. The molecule has 1 fully saturated rings. The van der Waals surface area contributed by atoms with Gasteiger partial charge < -0.3 is 0 Å². The maximum absolute atomic E-state index is 8.84. The Bertz CT molecular complexity index is 401. The van der Waals surface area contributed by atoms with Crippen LogP contribution >= 0.6 is 0 Å². The molecule has 0 aliphatic heterocycles. The largest absolute Gasteiger partial charge is 0.299 e. The molecule has 2 rings (SSSR count). The van der Waals surface area contributed by atoms with Crippen molar-refractivity contribution in [3.8, 4) is 6.07 Å². The normalized spacial score (nSPS) is 17.1. The zero-order valence-corrected chi connectivity index (χ0v) is 9.98. The Labute approximate surface area is 97.5 Å². The molecule has 1 atom stereocenters. The van der Waals surface area contributed by atoms with Gasteiger partial charge in [-0.15, -0.1) is 0 Å². The van der Waals surface area contributed by atoms with E-state index in [1.165, 1.54) is 18.4 Å². The van der Waals surface area contributed by atoms with E-state index >= 15 is 0 Å². The Morgan fingerprint density at radius 2 is 2.25 bits per heavy atom. The molecule has 1 aromatic carbocycles. The summed E-state index contributed by atoms with van der Waals surface area (Å²) in [5.41, 5.74) is 1.99. The molecule has 16 heavy (non-hydrogen) atoms. The fourth-order valence-corrected chi connectivity index (χ4v) is 2.11. The van der Waals surface area contributed by atoms with E-state index in [4.69, 9.17) is 5.26 Å². The first-order chi connectivity index (χ1) is 7.70. The molecular formula is C14H18N2. The standard InChI is InChI=1S/C14H18N2/c1-11(14-6-7-14)16(2)10-13-5-3-4-12(8-13)9-15/h3-5,8,11,14H,6-7,10H2,1-2H3/t11-/m1/s1. The highest BCUT2D eigenvalue weighted by molar-refractivity contribution is 5.32. The van der Waals surface area contributed by atoms with Crippen LogP contribution in [0.1, 0.15) is 30.9 Å². The van der Waals surface area contributed by atoms with E-state index in [2.05, 4.69) is 31.0 Å². The summed E-state index contributed by atoms with van der Waals surface area (Å²) in [7, 11) is 2.17. The molecule has 0 bridgehead atoms. The van der Waals surface area contributed by atoms with Crippen molar-refractivity contribution in [1.82, 2.24) is 4.90 Å². The highest BCUT2D eigenvalue weighted by Crippen LogP contribution is 2.35. The predicted molar refractivity (Wildman–Crippen MR) is 64.8 cm³/mol. The van der Waals surface area contributed by atoms with Gasteiger partial charge in [-0.2, -0.15) is 5.26 Å². The number of nitriles is 1. The van der Waals surface area contributed by atoms with Crippen molar-refractivity contribution in [2.75, 3.05) is 7.05 Å². The average molecular weight is 214 g/mol. The second-order valence-electron chi connectivity index (χ2n) is 4.81. The summed E-state index contributed by atoms with van der Waals surface area (Å²) in [6.07, 6.45) is 2.76. The molecule has 0 aromatic heterocycles. The van der Waals surface area contributed by atoms with Gasteiger partial charge in [0.15, 0.2) is 0 Å². The van der Waals surface area contributed by atoms with Gasteiger partial charge in [-0.1, -0.05) is 12.1 Å². The summed E-state index contributed by atoms with van der Waals surface area (Å²) in [5.74, 6) is 0.893. The maximum Gasteiger partial charge on any atom is 0.0991 e. The molecule has 0 unspecified atom stereocenters. The second-order valence-corrected chi connectivity index (χ2v) is 4.81. The van der Waals surface area contributed by atoms with Crippen LogP contribution in [0.25, 0.3) is 0 Å². The lowest BCUT2D eigenvalue weighted by Gasteiger charge is -2.24. The van der Waals surface area contributed by atoms with E-state index in [-0.39, 0.29) is 0 Å². The summed E-state index contributed by atoms with van der Waals surface area (Å²) in [6, 6.07) is 10.7. The topological polar surface area (TPSA) is 27.0 Å². The minimum absolute atomic E-state index is 0.658. The molecule has 0 spiro atoms. The third-order valence-electron chi connectivity index (χ3n) is 3.49. The molecular weight excluding hydrogens is 196 g/mol. The summed E-state index contributed by atoms with van der Waals surface area (Å²) in [4.78, 5) is 2.38. The second kappa shape index (κ2) is 4.67. The number of rotatable bonds is 4. The van der Waals surface area contributed by atoms with Gasteiger partial charge in [-0.05, 0) is 50.4 Å². The van der Waals surface area contributed by atoms with Gasteiger partial charge in [0.1, 0.15) is 0 Å². The minimum Gasteiger partial charge on any atom is -0.299 e. The number of hydrogen-bond acceptors (Lipinski definition) is 2. The van der Waals surface area contributed by atoms with Gasteiger partial charge in [0.05, 0.1) is 11.6 Å². The number of benzene rings is 1. The van der Waals surface area contributed by atoms with Gasteiger partial charge in [0.2, 0.25) is 0 Å². The van der Waals surface area contributed by atoms with Gasteiger partial charge >= 0.3 is 0 Å². The SMILES string of the molecule is C[C@H](C1CC1)N(C)Cc1cccc(C#N)c1. The zero-order valence-electron chi connectivity index (χ0n) is 9.98. The highest BCUT2D eigenvalue weighted by Gasteiger charge is 2.30. The van der Waals surface area contributed by atoms with Crippen LogP contribution in [-0.4, -0.2) is 18.0 Å². The first-order valence-electron chi connectivity index (χ1n) is 5.90. The van der Waals surface area contributed by atoms with Crippen molar-refractivity contribution >= 4 is 0 Å². The Morgan fingerprint density at radius 3 is 2.88 bits per heavy atom. The molecule has 1 aromatic rings. The first-order valence-corrected chi connectivity index (χ1v) is 5.90. The molecule has 0 heterocycles. The van der Waals surface area contributed by atoms with Crippen LogP contribution < -0.4 is 0 Å². The minimum atomic E-state index is 0.658. The van der Waals surface area contributed by atoms with Gasteiger partial charge in [0.25, 0.3) is 0 Å². The molecule has 0 saturated heterocycles. The van der Waals surface area contributed by atoms with E-state index < -0.39 is 0 Å². The third-order valence-corrected chi connectivity index (χ3v) is 3.49. The zero-order chi connectivity index (χ0) is 11.5. The lowest BCUT2D eigenvalue weighted by atomic mass is 10.1. The van der Waals surface area contributed by atoms with E-state index in [9.17, 15) is 0 Å². The van der Waals surface area contributed by atoms with Crippen molar-refractivity contribution in [3.05, 3.63) is 35.4 Å². The molecule has 2 nitrogen and oxygen atoms in total. The van der Waals surface area contributed by atoms with Gasteiger partial charge in [-0.25, -0.2) is 0 Å². The molecule has 1 aliphatic rings. The van der Waals surface area contributed by atoms with Crippen molar-refractivity contribution in [2.24, 2.45) is 5.92 Å². The van der Waals surface area contributed by atoms with Crippen LogP contribution in [0.15, 0.2) is 24.3 Å². The maximum atomic E-state index is 8.84. The van der Waals surface area contributed by atoms with Crippen LogP contribution in [0.4, 0.5) is 0 Å². The van der Waals surface area contributed by atoms with Crippen molar-refractivity contribution in [2.45, 2.75) is 32.4 Å². The monoisotopic (exact) mass is 214 g/mol. The fraction of sp³-hybridized carbons (Fsp3) is 0.500. The molecule has 0 amide bonds. The highest BCUT2D eigenvalue weighted by atomic mass is 15.1. The summed E-state index contributed by atoms with van der Waals surface area (Å²) < 4.78 is 0. The van der Waals surface area contributed by atoms with Crippen molar-refractivity contribution in [1.29, 1.82) is 5.26 Å². The quantitative estimate of drug-likeness (QED) is 0.770.